The largest absolute Gasteiger partial charge is 0.390 e. The van der Waals surface area contributed by atoms with Gasteiger partial charge in [0.1, 0.15) is 17.9 Å². The molecular formula is C9H9N5O2. The molecule has 7 heteroatoms. The van der Waals surface area contributed by atoms with Crippen molar-refractivity contribution in [1.82, 2.24) is 4.98 Å². The summed E-state index contributed by atoms with van der Waals surface area (Å²) >= 11 is 0. The maximum Gasteiger partial charge on any atom is 0.146 e. The summed E-state index contributed by atoms with van der Waals surface area (Å²) in [6.45, 7) is -0.266. The minimum Gasteiger partial charge on any atom is -0.390 e. The van der Waals surface area contributed by atoms with E-state index in [4.69, 9.17) is 10.8 Å². The van der Waals surface area contributed by atoms with E-state index in [0.717, 1.165) is 0 Å². The van der Waals surface area contributed by atoms with Crippen molar-refractivity contribution < 1.29 is 10.2 Å². The molecule has 1 heterocycles. The highest BCUT2D eigenvalue weighted by Crippen LogP contribution is 2.19. The van der Waals surface area contributed by atoms with Crippen LogP contribution in [0.5, 0.6) is 0 Å². The Morgan fingerprint density at radius 1 is 1.62 bits per heavy atom. The number of rotatable bonds is 4. The Hall–Kier alpha value is -2.13. The van der Waals surface area contributed by atoms with Gasteiger partial charge in [0.15, 0.2) is 0 Å². The average Bonchev–Trinajstić information content (AvgIpc) is 2.34. The monoisotopic (exact) mass is 219 g/mol. The Labute approximate surface area is 91.2 Å². The molecule has 1 aromatic rings. The summed E-state index contributed by atoms with van der Waals surface area (Å²) in [5.41, 5.74) is 8.32. The lowest BCUT2D eigenvalue weighted by Crippen LogP contribution is -2.22. The number of nitriles is 1. The fraction of sp³-hybridized carbons (Fsp3) is 0.333. The number of aliphatic hydroxyl groups is 2. The lowest BCUT2D eigenvalue weighted by Gasteiger charge is -2.16. The molecule has 82 valence electrons. The Bertz CT molecular complexity index is 449. The van der Waals surface area contributed by atoms with Crippen molar-refractivity contribution in [2.24, 2.45) is 5.11 Å². The zero-order valence-electron chi connectivity index (χ0n) is 8.22. The van der Waals surface area contributed by atoms with Gasteiger partial charge in [0, 0.05) is 16.7 Å². The molecule has 0 aromatic carbocycles. The first-order valence-corrected chi connectivity index (χ1v) is 4.42. The van der Waals surface area contributed by atoms with E-state index in [1.54, 1.807) is 12.1 Å². The van der Waals surface area contributed by atoms with Gasteiger partial charge in [0.05, 0.1) is 12.6 Å². The van der Waals surface area contributed by atoms with Crippen LogP contribution in [0.3, 0.4) is 0 Å². The van der Waals surface area contributed by atoms with Crippen LogP contribution in [-0.4, -0.2) is 27.8 Å². The molecule has 0 aliphatic carbocycles. The fourth-order valence-electron chi connectivity index (χ4n) is 1.18. The zero-order chi connectivity index (χ0) is 12.0. The molecule has 0 aliphatic heterocycles. The Balaban J connectivity index is 2.91. The van der Waals surface area contributed by atoms with Gasteiger partial charge < -0.3 is 10.2 Å². The minimum absolute atomic E-state index is 0.0370. The molecule has 2 N–H and O–H groups in total. The second kappa shape index (κ2) is 5.68. The Morgan fingerprint density at radius 2 is 2.38 bits per heavy atom. The van der Waals surface area contributed by atoms with Crippen molar-refractivity contribution in [2.75, 3.05) is 6.54 Å². The number of nitrogens with zero attached hydrogens (tertiary/aromatic N) is 5. The molecular weight excluding hydrogens is 210 g/mol. The molecule has 0 fully saturated rings. The number of hydrogen-bond acceptors (Lipinski definition) is 5. The first-order valence-electron chi connectivity index (χ1n) is 4.42. The van der Waals surface area contributed by atoms with E-state index >= 15 is 0 Å². The molecule has 7 nitrogen and oxygen atoms in total. The Morgan fingerprint density at radius 3 is 3.00 bits per heavy atom. The zero-order valence-corrected chi connectivity index (χ0v) is 8.22. The summed E-state index contributed by atoms with van der Waals surface area (Å²) in [7, 11) is 0. The predicted octanol–water partition coefficient (Wildman–Crippen LogP) is 0.658. The number of azide groups is 1. The summed E-state index contributed by atoms with van der Waals surface area (Å²) in [6.07, 6.45) is -1.14. The topological polar surface area (TPSA) is 126 Å². The van der Waals surface area contributed by atoms with Crippen LogP contribution in [0.4, 0.5) is 0 Å². The van der Waals surface area contributed by atoms with Gasteiger partial charge in [0.2, 0.25) is 0 Å². The highest BCUT2D eigenvalue weighted by Gasteiger charge is 2.20. The average molecular weight is 219 g/mol. The number of aliphatic hydroxyl groups excluding tert-OH is 2. The van der Waals surface area contributed by atoms with Gasteiger partial charge in [-0.25, -0.2) is 4.98 Å². The molecule has 0 bridgehead atoms. The standard InChI is InChI=1S/C9H9N5O2/c10-4-7-6(2-1-3-12-7)9(16)8(15)5-13-14-11/h1-3,8-9,15-16H,5H2. The van der Waals surface area contributed by atoms with Gasteiger partial charge in [-0.2, -0.15) is 5.26 Å². The van der Waals surface area contributed by atoms with Crippen LogP contribution in [0.25, 0.3) is 10.4 Å². The van der Waals surface area contributed by atoms with Crippen LogP contribution < -0.4 is 0 Å². The smallest absolute Gasteiger partial charge is 0.146 e. The second-order valence-corrected chi connectivity index (χ2v) is 2.98. The molecule has 0 aliphatic rings. The number of aromatic nitrogens is 1. The SMILES string of the molecule is N#Cc1ncccc1C(O)C(O)CN=[N+]=[N-]. The van der Waals surface area contributed by atoms with Crippen molar-refractivity contribution in [2.45, 2.75) is 12.2 Å². The van der Waals surface area contributed by atoms with E-state index < -0.39 is 12.2 Å². The third-order valence-corrected chi connectivity index (χ3v) is 1.96. The molecule has 0 radical (unpaired) electrons. The van der Waals surface area contributed by atoms with E-state index in [-0.39, 0.29) is 17.8 Å². The quantitative estimate of drug-likeness (QED) is 0.438. The van der Waals surface area contributed by atoms with E-state index in [9.17, 15) is 10.2 Å². The molecule has 2 unspecified atom stereocenters. The van der Waals surface area contributed by atoms with E-state index in [2.05, 4.69) is 15.0 Å². The Kier molecular flexibility index (Phi) is 4.24. The van der Waals surface area contributed by atoms with Crippen molar-refractivity contribution in [1.29, 1.82) is 5.26 Å². The fourth-order valence-corrected chi connectivity index (χ4v) is 1.18. The predicted molar refractivity (Wildman–Crippen MR) is 53.9 cm³/mol. The first-order chi connectivity index (χ1) is 7.70. The van der Waals surface area contributed by atoms with Crippen molar-refractivity contribution in [3.05, 3.63) is 40.0 Å². The molecule has 1 aromatic heterocycles. The van der Waals surface area contributed by atoms with Gasteiger partial charge in [0.25, 0.3) is 0 Å². The van der Waals surface area contributed by atoms with E-state index in [1.807, 2.05) is 0 Å². The van der Waals surface area contributed by atoms with Crippen LogP contribution >= 0.6 is 0 Å². The second-order valence-electron chi connectivity index (χ2n) is 2.98. The van der Waals surface area contributed by atoms with Crippen molar-refractivity contribution >= 4 is 0 Å². The van der Waals surface area contributed by atoms with Gasteiger partial charge in [-0.15, -0.1) is 0 Å². The van der Waals surface area contributed by atoms with E-state index in [1.165, 1.54) is 12.3 Å². The van der Waals surface area contributed by atoms with Gasteiger partial charge in [-0.1, -0.05) is 11.2 Å². The highest BCUT2D eigenvalue weighted by atomic mass is 16.3. The summed E-state index contributed by atoms with van der Waals surface area (Å²) in [5.74, 6) is 0. The highest BCUT2D eigenvalue weighted by molar-refractivity contribution is 5.32. The molecule has 0 saturated heterocycles. The molecule has 2 atom stereocenters. The first kappa shape index (κ1) is 11.9. The van der Waals surface area contributed by atoms with Crippen LogP contribution in [-0.2, 0) is 0 Å². The van der Waals surface area contributed by atoms with Crippen LogP contribution in [0.1, 0.15) is 17.4 Å². The third-order valence-electron chi connectivity index (χ3n) is 1.96. The molecule has 16 heavy (non-hydrogen) atoms. The van der Waals surface area contributed by atoms with Gasteiger partial charge in [-0.05, 0) is 11.6 Å². The van der Waals surface area contributed by atoms with Crippen LogP contribution in [0.15, 0.2) is 23.4 Å². The van der Waals surface area contributed by atoms with E-state index in [0.29, 0.717) is 0 Å². The van der Waals surface area contributed by atoms with Crippen LogP contribution in [0.2, 0.25) is 0 Å². The van der Waals surface area contributed by atoms with Crippen molar-refractivity contribution in [3.63, 3.8) is 0 Å². The molecule has 0 spiro atoms. The number of hydrogen-bond donors (Lipinski definition) is 2. The lowest BCUT2D eigenvalue weighted by atomic mass is 10.0. The number of pyridine rings is 1. The van der Waals surface area contributed by atoms with Gasteiger partial charge in [-0.3, -0.25) is 0 Å². The maximum atomic E-state index is 9.70. The summed E-state index contributed by atoms with van der Waals surface area (Å²) < 4.78 is 0. The molecule has 1 rings (SSSR count). The lowest BCUT2D eigenvalue weighted by molar-refractivity contribution is 0.0240. The third kappa shape index (κ3) is 2.68. The van der Waals surface area contributed by atoms with Gasteiger partial charge >= 0.3 is 0 Å². The maximum absolute atomic E-state index is 9.70. The molecule has 0 amide bonds. The summed E-state index contributed by atoms with van der Waals surface area (Å²) in [6, 6.07) is 4.82. The molecule has 0 saturated carbocycles. The summed E-state index contributed by atoms with van der Waals surface area (Å²) in [5, 5.41) is 31.1. The minimum atomic E-state index is -1.30. The van der Waals surface area contributed by atoms with Crippen LogP contribution in [0, 0.1) is 11.3 Å². The summed E-state index contributed by atoms with van der Waals surface area (Å²) in [4.78, 5) is 6.21. The van der Waals surface area contributed by atoms with Crippen molar-refractivity contribution in [3.8, 4) is 6.07 Å². The normalized spacial score (nSPS) is 13.3.